The molecule has 0 aliphatic carbocycles. The van der Waals surface area contributed by atoms with Gasteiger partial charge in [-0.25, -0.2) is 9.78 Å². The van der Waals surface area contributed by atoms with Gasteiger partial charge in [-0.1, -0.05) is 30.3 Å². The third-order valence-electron chi connectivity index (χ3n) is 8.50. The lowest BCUT2D eigenvalue weighted by molar-refractivity contribution is 0.0240. The topological polar surface area (TPSA) is 145 Å². The number of hydrogen-bond acceptors (Lipinski definition) is 12. The Morgan fingerprint density at radius 3 is 2.33 bits per heavy atom. The van der Waals surface area contributed by atoms with Crippen LogP contribution in [-0.4, -0.2) is 83.9 Å². The van der Waals surface area contributed by atoms with E-state index >= 15 is 0 Å². The maximum atomic E-state index is 13.8. The van der Waals surface area contributed by atoms with Gasteiger partial charge in [0.05, 0.1) is 34.5 Å². The molecule has 0 spiro atoms. The SMILES string of the molecule is COc1cc(N2CCN(C(=O)OC(C)(C)C)CC2)c(-c2cnn(C)c2)cc1Nc1ncc(Br)c(Nc2ccc3ccccc3c2P(=O)(OC)OC)n1. The molecule has 0 saturated carbocycles. The highest BCUT2D eigenvalue weighted by atomic mass is 79.9. The summed E-state index contributed by atoms with van der Waals surface area (Å²) >= 11 is 3.57. The number of anilines is 5. The zero-order valence-corrected chi connectivity index (χ0v) is 32.6. The van der Waals surface area contributed by atoms with Crippen molar-refractivity contribution in [1.82, 2.24) is 24.6 Å². The molecule has 6 rings (SSSR count). The third kappa shape index (κ3) is 7.87. The summed E-state index contributed by atoms with van der Waals surface area (Å²) in [5, 5.41) is 13.1. The van der Waals surface area contributed by atoms with E-state index in [1.165, 1.54) is 14.2 Å². The second kappa shape index (κ2) is 15.1. The average molecular weight is 794 g/mol. The quantitative estimate of drug-likeness (QED) is 0.136. The van der Waals surface area contributed by atoms with Crippen molar-refractivity contribution < 1.29 is 27.9 Å². The molecule has 2 aromatic heterocycles. The highest BCUT2D eigenvalue weighted by molar-refractivity contribution is 9.10. The molecule has 0 atom stereocenters. The molecule has 0 unspecified atom stereocenters. The number of carbonyl (C=O) groups is 1. The van der Waals surface area contributed by atoms with Crippen LogP contribution < -0.4 is 25.6 Å². The molecule has 0 radical (unpaired) electrons. The van der Waals surface area contributed by atoms with Crippen LogP contribution in [-0.2, 0) is 25.4 Å². The molecule has 5 aromatic rings. The van der Waals surface area contributed by atoms with Gasteiger partial charge in [-0.05, 0) is 59.6 Å². The van der Waals surface area contributed by atoms with Crippen molar-refractivity contribution in [3.63, 3.8) is 0 Å². The zero-order chi connectivity index (χ0) is 37.2. The van der Waals surface area contributed by atoms with Crippen LogP contribution in [0.5, 0.6) is 5.75 Å². The van der Waals surface area contributed by atoms with Crippen molar-refractivity contribution in [3.05, 3.63) is 71.6 Å². The molecule has 3 heterocycles. The largest absolute Gasteiger partial charge is 0.494 e. The summed E-state index contributed by atoms with van der Waals surface area (Å²) in [7, 11) is 2.50. The first-order valence-corrected chi connectivity index (χ1v) is 18.9. The fourth-order valence-electron chi connectivity index (χ4n) is 6.02. The van der Waals surface area contributed by atoms with E-state index in [0.717, 1.165) is 27.6 Å². The van der Waals surface area contributed by atoms with Crippen LogP contribution >= 0.6 is 23.5 Å². The van der Waals surface area contributed by atoms with Crippen LogP contribution in [0.15, 0.2) is 71.6 Å². The number of rotatable bonds is 10. The van der Waals surface area contributed by atoms with Gasteiger partial charge in [0.15, 0.2) is 0 Å². The van der Waals surface area contributed by atoms with Crippen molar-refractivity contribution in [3.8, 4) is 16.9 Å². The third-order valence-corrected chi connectivity index (χ3v) is 11.1. The van der Waals surface area contributed by atoms with E-state index in [1.54, 1.807) is 22.9 Å². The minimum atomic E-state index is -3.70. The lowest BCUT2D eigenvalue weighted by Gasteiger charge is -2.37. The first kappa shape index (κ1) is 37.1. The predicted octanol–water partition coefficient (Wildman–Crippen LogP) is 7.46. The second-order valence-electron chi connectivity index (χ2n) is 13.1. The normalized spacial score (nSPS) is 13.7. The maximum absolute atomic E-state index is 13.8. The molecule has 52 heavy (non-hydrogen) atoms. The molecule has 2 N–H and O–H groups in total. The fourth-order valence-corrected chi connectivity index (χ4v) is 7.74. The van der Waals surface area contributed by atoms with Gasteiger partial charge in [-0.15, -0.1) is 0 Å². The molecule has 274 valence electrons. The number of ether oxygens (including phenoxy) is 2. The first-order chi connectivity index (χ1) is 24.8. The van der Waals surface area contributed by atoms with E-state index in [2.05, 4.69) is 41.5 Å². The van der Waals surface area contributed by atoms with Gasteiger partial charge in [0, 0.05) is 82.7 Å². The van der Waals surface area contributed by atoms with Crippen LogP contribution in [0.2, 0.25) is 0 Å². The van der Waals surface area contributed by atoms with Gasteiger partial charge < -0.3 is 39.0 Å². The summed E-state index contributed by atoms with van der Waals surface area (Å²) in [5.74, 6) is 1.26. The highest BCUT2D eigenvalue weighted by Gasteiger charge is 2.31. The van der Waals surface area contributed by atoms with E-state index in [-0.39, 0.29) is 12.0 Å². The number of nitrogens with one attached hydrogen (secondary N) is 2. The van der Waals surface area contributed by atoms with Crippen LogP contribution in [0.1, 0.15) is 20.8 Å². The summed E-state index contributed by atoms with van der Waals surface area (Å²) in [6.07, 6.45) is 5.06. The number of piperazine rings is 1. The summed E-state index contributed by atoms with van der Waals surface area (Å²) in [6.45, 7) is 7.82. The number of aromatic nitrogens is 4. The number of hydrogen-bond donors (Lipinski definition) is 2. The Bertz CT molecular complexity index is 2140. The van der Waals surface area contributed by atoms with E-state index < -0.39 is 13.2 Å². The molecule has 3 aromatic carbocycles. The summed E-state index contributed by atoms with van der Waals surface area (Å²) in [5.41, 5.74) is 3.31. The van der Waals surface area contributed by atoms with Crippen molar-refractivity contribution in [1.29, 1.82) is 0 Å². The van der Waals surface area contributed by atoms with Gasteiger partial charge >= 0.3 is 13.7 Å². The molecule has 1 aliphatic rings. The monoisotopic (exact) mass is 792 g/mol. The Hall–Kier alpha value is -4.69. The smallest absolute Gasteiger partial charge is 0.410 e. The fraction of sp³-hybridized carbons (Fsp3) is 0.333. The molecule has 0 bridgehead atoms. The molecule has 1 saturated heterocycles. The van der Waals surface area contributed by atoms with Gasteiger partial charge in [0.1, 0.15) is 17.2 Å². The number of nitrogens with zero attached hydrogens (tertiary/aromatic N) is 6. The summed E-state index contributed by atoms with van der Waals surface area (Å²) in [4.78, 5) is 26.0. The zero-order valence-electron chi connectivity index (χ0n) is 30.1. The van der Waals surface area contributed by atoms with Crippen molar-refractivity contribution in [2.24, 2.45) is 7.05 Å². The van der Waals surface area contributed by atoms with Gasteiger partial charge in [0.25, 0.3) is 0 Å². The number of benzene rings is 3. The van der Waals surface area contributed by atoms with Gasteiger partial charge in [-0.2, -0.15) is 10.1 Å². The molecule has 1 fully saturated rings. The Kier molecular flexibility index (Phi) is 10.8. The lowest BCUT2D eigenvalue weighted by Crippen LogP contribution is -2.50. The maximum Gasteiger partial charge on any atom is 0.410 e. The van der Waals surface area contributed by atoms with E-state index in [9.17, 15) is 9.36 Å². The molecular formula is C36H42BrN8O6P. The Balaban J connectivity index is 1.33. The number of aryl methyl sites for hydroxylation is 1. The molecule has 1 amide bonds. The number of fused-ring (bicyclic) bond motifs is 1. The van der Waals surface area contributed by atoms with Gasteiger partial charge in [-0.3, -0.25) is 9.25 Å². The van der Waals surface area contributed by atoms with E-state index in [4.69, 9.17) is 23.5 Å². The molecule has 14 nitrogen and oxygen atoms in total. The number of halogens is 1. The summed E-state index contributed by atoms with van der Waals surface area (Å²) in [6, 6.07) is 15.3. The average Bonchev–Trinajstić information content (AvgIpc) is 3.57. The van der Waals surface area contributed by atoms with Crippen LogP contribution in [0.3, 0.4) is 0 Å². The Morgan fingerprint density at radius 2 is 1.67 bits per heavy atom. The standard InChI is InChI=1S/C36H42BrN8O6P/c1-36(2,3)51-35(46)45-16-14-44(15-17-45)30-19-31(48-5)29(18-26(30)24-20-39-43(4)22-24)41-34-38-21-27(37)33(42-34)40-28-13-12-23-10-8-9-11-25(23)32(28)52(47,49-6)50-7/h8-13,18-22H,14-17H2,1-7H3,(H2,38,40,41,42). The Labute approximate surface area is 311 Å². The van der Waals surface area contributed by atoms with E-state index in [1.807, 2.05) is 88.7 Å². The first-order valence-electron chi connectivity index (χ1n) is 16.6. The number of methoxy groups -OCH3 is 1. The summed E-state index contributed by atoms with van der Waals surface area (Å²) < 4.78 is 38.6. The molecular weight excluding hydrogens is 751 g/mol. The van der Waals surface area contributed by atoms with Crippen molar-refractivity contribution in [2.75, 3.05) is 63.0 Å². The minimum absolute atomic E-state index is 0.281. The lowest BCUT2D eigenvalue weighted by atomic mass is 10.0. The molecule has 1 aliphatic heterocycles. The number of amides is 1. The van der Waals surface area contributed by atoms with Gasteiger partial charge in [0.2, 0.25) is 5.95 Å². The van der Waals surface area contributed by atoms with Crippen LogP contribution in [0, 0.1) is 0 Å². The minimum Gasteiger partial charge on any atom is -0.494 e. The van der Waals surface area contributed by atoms with Crippen molar-refractivity contribution >= 4 is 74.5 Å². The van der Waals surface area contributed by atoms with Crippen LogP contribution in [0.25, 0.3) is 21.9 Å². The Morgan fingerprint density at radius 1 is 0.942 bits per heavy atom. The van der Waals surface area contributed by atoms with E-state index in [0.29, 0.717) is 58.9 Å². The van der Waals surface area contributed by atoms with Crippen LogP contribution in [0.4, 0.5) is 33.6 Å². The van der Waals surface area contributed by atoms with Crippen molar-refractivity contribution in [2.45, 2.75) is 26.4 Å². The second-order valence-corrected chi connectivity index (χ2v) is 16.1. The predicted molar refractivity (Wildman–Crippen MR) is 207 cm³/mol. The number of carbonyl (C=O) groups excluding carboxylic acids is 1. The molecule has 16 heteroatoms. The highest BCUT2D eigenvalue weighted by Crippen LogP contribution is 2.50.